The summed E-state index contributed by atoms with van der Waals surface area (Å²) in [6, 6.07) is 4.78. The van der Waals surface area contributed by atoms with E-state index in [1.165, 1.54) is 6.07 Å². The first kappa shape index (κ1) is 10.4. The molecule has 18 heavy (non-hydrogen) atoms. The molecule has 6 heteroatoms. The summed E-state index contributed by atoms with van der Waals surface area (Å²) in [6.07, 6.45) is 2.77. The molecule has 0 amide bonds. The van der Waals surface area contributed by atoms with Gasteiger partial charge in [-0.1, -0.05) is 5.16 Å². The maximum absolute atomic E-state index is 11.0. The fourth-order valence-electron chi connectivity index (χ4n) is 1.88. The number of hydrogen-bond donors (Lipinski definition) is 3. The van der Waals surface area contributed by atoms with Crippen molar-refractivity contribution < 1.29 is 19.5 Å². The van der Waals surface area contributed by atoms with Crippen molar-refractivity contribution in [3.63, 3.8) is 0 Å². The predicted octanol–water partition coefficient (Wildman–Crippen LogP) is 2.23. The van der Waals surface area contributed by atoms with E-state index >= 15 is 0 Å². The van der Waals surface area contributed by atoms with Gasteiger partial charge in [0.2, 0.25) is 0 Å². The highest BCUT2D eigenvalue weighted by Crippen LogP contribution is 2.32. The fraction of sp³-hybridized carbons (Fsp3) is 0. The Kier molecular flexibility index (Phi) is 2.09. The van der Waals surface area contributed by atoms with Crippen molar-refractivity contribution in [2.24, 2.45) is 0 Å². The van der Waals surface area contributed by atoms with Gasteiger partial charge in [-0.2, -0.15) is 0 Å². The summed E-state index contributed by atoms with van der Waals surface area (Å²) < 4.78 is 4.99. The molecular weight excluding hydrogens is 236 g/mol. The number of rotatable bonds is 2. The first-order valence-corrected chi connectivity index (χ1v) is 5.15. The Balaban J connectivity index is 2.28. The molecule has 0 spiro atoms. The number of aromatic hydroxyl groups is 1. The normalized spacial score (nSPS) is 10.9. The second kappa shape index (κ2) is 3.63. The van der Waals surface area contributed by atoms with Crippen molar-refractivity contribution in [2.75, 3.05) is 0 Å². The number of H-pyrrole nitrogens is 1. The Morgan fingerprint density at radius 1 is 1.39 bits per heavy atom. The fourth-order valence-corrected chi connectivity index (χ4v) is 1.88. The maximum Gasteiger partial charge on any atom is 0.341 e. The van der Waals surface area contributed by atoms with E-state index < -0.39 is 5.97 Å². The summed E-state index contributed by atoms with van der Waals surface area (Å²) >= 11 is 0. The highest BCUT2D eigenvalue weighted by atomic mass is 16.5. The Labute approximate surface area is 100 Å². The molecule has 90 valence electrons. The van der Waals surface area contributed by atoms with Gasteiger partial charge < -0.3 is 19.7 Å². The smallest absolute Gasteiger partial charge is 0.341 e. The molecule has 3 aromatic rings. The second-order valence-electron chi connectivity index (χ2n) is 3.81. The number of benzene rings is 1. The highest BCUT2D eigenvalue weighted by molar-refractivity contribution is 6.01. The summed E-state index contributed by atoms with van der Waals surface area (Å²) in [5.41, 5.74) is 1.31. The van der Waals surface area contributed by atoms with Crippen LogP contribution in [0.4, 0.5) is 0 Å². The zero-order valence-corrected chi connectivity index (χ0v) is 9.04. The molecule has 0 saturated heterocycles. The molecule has 2 aromatic heterocycles. The molecule has 0 fully saturated rings. The van der Waals surface area contributed by atoms with Gasteiger partial charge in [-0.3, -0.25) is 0 Å². The van der Waals surface area contributed by atoms with Crippen LogP contribution in [-0.2, 0) is 0 Å². The number of nitrogens with zero attached hydrogens (tertiary/aromatic N) is 1. The van der Waals surface area contributed by atoms with Gasteiger partial charge in [0.1, 0.15) is 11.3 Å². The van der Waals surface area contributed by atoms with Gasteiger partial charge in [0.15, 0.2) is 5.76 Å². The minimum atomic E-state index is -1.11. The molecule has 2 heterocycles. The van der Waals surface area contributed by atoms with Gasteiger partial charge in [0.05, 0.1) is 6.20 Å². The first-order chi connectivity index (χ1) is 8.66. The lowest BCUT2D eigenvalue weighted by atomic mass is 10.1. The molecule has 1 aromatic carbocycles. The number of fused-ring (bicyclic) bond motifs is 1. The number of aromatic carboxylic acids is 1. The van der Waals surface area contributed by atoms with E-state index in [9.17, 15) is 9.90 Å². The second-order valence-corrected chi connectivity index (χ2v) is 3.81. The molecule has 3 N–H and O–H groups in total. The molecular formula is C12H8N2O4. The quantitative estimate of drug-likeness (QED) is 0.641. The summed E-state index contributed by atoms with van der Waals surface area (Å²) in [5.74, 6) is -0.847. The third kappa shape index (κ3) is 1.43. The number of aromatic nitrogens is 2. The topological polar surface area (TPSA) is 99.4 Å². The van der Waals surface area contributed by atoms with Crippen LogP contribution in [0.2, 0.25) is 0 Å². The summed E-state index contributed by atoms with van der Waals surface area (Å²) in [5, 5.41) is 22.7. The number of phenolic OH excluding ortho intramolecular Hbond substituents is 1. The molecule has 0 aliphatic heterocycles. The highest BCUT2D eigenvalue weighted by Gasteiger charge is 2.19. The van der Waals surface area contributed by atoms with Crippen LogP contribution in [0, 0.1) is 0 Å². The average Bonchev–Trinajstić information content (AvgIpc) is 2.92. The molecule has 0 atom stereocenters. The van der Waals surface area contributed by atoms with E-state index in [1.54, 1.807) is 18.3 Å². The summed E-state index contributed by atoms with van der Waals surface area (Å²) in [4.78, 5) is 14.0. The van der Waals surface area contributed by atoms with Gasteiger partial charge in [-0.15, -0.1) is 0 Å². The van der Waals surface area contributed by atoms with Crippen LogP contribution in [0.1, 0.15) is 10.4 Å². The van der Waals surface area contributed by atoms with Crippen molar-refractivity contribution in [1.29, 1.82) is 0 Å². The van der Waals surface area contributed by atoms with Crippen molar-refractivity contribution in [1.82, 2.24) is 10.1 Å². The number of hydrogen-bond acceptors (Lipinski definition) is 4. The van der Waals surface area contributed by atoms with Crippen molar-refractivity contribution in [3.05, 3.63) is 36.2 Å². The summed E-state index contributed by atoms with van der Waals surface area (Å²) in [6.45, 7) is 0. The lowest BCUT2D eigenvalue weighted by Crippen LogP contribution is -1.95. The molecule has 6 nitrogen and oxygen atoms in total. The Hall–Kier alpha value is -2.76. The van der Waals surface area contributed by atoms with E-state index in [1.807, 2.05) is 0 Å². The molecule has 0 saturated carbocycles. The number of aromatic amines is 1. The van der Waals surface area contributed by atoms with Crippen molar-refractivity contribution in [2.45, 2.75) is 0 Å². The number of carboxylic acids is 1. The first-order valence-electron chi connectivity index (χ1n) is 5.15. The van der Waals surface area contributed by atoms with E-state index in [4.69, 9.17) is 9.63 Å². The monoisotopic (exact) mass is 244 g/mol. The average molecular weight is 244 g/mol. The van der Waals surface area contributed by atoms with E-state index in [2.05, 4.69) is 10.1 Å². The van der Waals surface area contributed by atoms with Gasteiger partial charge in [0.25, 0.3) is 0 Å². The van der Waals surface area contributed by atoms with Crippen LogP contribution in [0.3, 0.4) is 0 Å². The zero-order chi connectivity index (χ0) is 12.7. The number of carboxylic acid groups (broad SMARTS) is 1. The van der Waals surface area contributed by atoms with Gasteiger partial charge in [-0.25, -0.2) is 4.79 Å². The third-order valence-corrected chi connectivity index (χ3v) is 2.71. The maximum atomic E-state index is 11.0. The van der Waals surface area contributed by atoms with Crippen LogP contribution in [0.5, 0.6) is 5.75 Å². The zero-order valence-electron chi connectivity index (χ0n) is 9.04. The van der Waals surface area contributed by atoms with Gasteiger partial charge >= 0.3 is 5.97 Å². The number of nitrogens with one attached hydrogen (secondary N) is 1. The van der Waals surface area contributed by atoms with Gasteiger partial charge in [-0.05, 0) is 18.2 Å². The Morgan fingerprint density at radius 3 is 3.00 bits per heavy atom. The lowest BCUT2D eigenvalue weighted by molar-refractivity contribution is 0.0697. The van der Waals surface area contributed by atoms with Crippen LogP contribution in [0.25, 0.3) is 22.2 Å². The standard InChI is InChI=1S/C12H8N2O4/c15-6-1-2-10-7(3-6)8(4-13-10)11-9(12(16)17)5-14-18-11/h1-5,13,15H,(H,16,17). The summed E-state index contributed by atoms with van der Waals surface area (Å²) in [7, 11) is 0. The molecule has 0 aliphatic rings. The SMILES string of the molecule is O=C(O)c1cnoc1-c1c[nH]c2ccc(O)cc12. The van der Waals surface area contributed by atoms with Crippen molar-refractivity contribution in [3.8, 4) is 17.1 Å². The predicted molar refractivity (Wildman–Crippen MR) is 62.4 cm³/mol. The van der Waals surface area contributed by atoms with Crippen LogP contribution in [0.15, 0.2) is 35.1 Å². The minimum Gasteiger partial charge on any atom is -0.508 e. The Bertz CT molecular complexity index is 741. The van der Waals surface area contributed by atoms with Crippen LogP contribution < -0.4 is 0 Å². The minimum absolute atomic E-state index is 0.0146. The largest absolute Gasteiger partial charge is 0.508 e. The number of carbonyl (C=O) groups is 1. The van der Waals surface area contributed by atoms with E-state index in [-0.39, 0.29) is 17.1 Å². The molecule has 0 aliphatic carbocycles. The van der Waals surface area contributed by atoms with E-state index in [0.29, 0.717) is 10.9 Å². The molecule has 3 rings (SSSR count). The van der Waals surface area contributed by atoms with Gasteiger partial charge in [0, 0.05) is 22.7 Å². The Morgan fingerprint density at radius 2 is 2.22 bits per heavy atom. The van der Waals surface area contributed by atoms with E-state index in [0.717, 1.165) is 11.7 Å². The van der Waals surface area contributed by atoms with Crippen LogP contribution in [-0.4, -0.2) is 26.3 Å². The third-order valence-electron chi connectivity index (χ3n) is 2.71. The number of phenols is 1. The van der Waals surface area contributed by atoms with Crippen LogP contribution >= 0.6 is 0 Å². The molecule has 0 bridgehead atoms. The molecule has 0 radical (unpaired) electrons. The lowest BCUT2D eigenvalue weighted by Gasteiger charge is -1.97. The molecule has 0 unspecified atom stereocenters. The van der Waals surface area contributed by atoms with Crippen molar-refractivity contribution >= 4 is 16.9 Å².